The van der Waals surface area contributed by atoms with Crippen molar-refractivity contribution in [2.24, 2.45) is 5.73 Å². The summed E-state index contributed by atoms with van der Waals surface area (Å²) in [4.78, 5) is 14.2. The number of nitrogens with zero attached hydrogens (tertiary/aromatic N) is 3. The number of nitrogens with two attached hydrogens (primary N) is 2. The fourth-order valence-corrected chi connectivity index (χ4v) is 0.990. The van der Waals surface area contributed by atoms with E-state index in [0.717, 1.165) is 19.4 Å². The van der Waals surface area contributed by atoms with E-state index >= 15 is 0 Å². The highest BCUT2D eigenvalue weighted by Crippen LogP contribution is 1.98. The minimum absolute atomic E-state index is 0.266. The molecule has 0 aliphatic carbocycles. The molecular formula is C7H13N5O. The molecule has 1 heterocycles. The van der Waals surface area contributed by atoms with Crippen molar-refractivity contribution in [1.82, 2.24) is 14.8 Å². The number of amides is 1. The molecule has 0 aliphatic heterocycles. The van der Waals surface area contributed by atoms with Crippen molar-refractivity contribution in [3.63, 3.8) is 0 Å². The number of primary amides is 1. The van der Waals surface area contributed by atoms with E-state index in [9.17, 15) is 4.79 Å². The Labute approximate surface area is 75.9 Å². The number of nitrogen functional groups attached to an aromatic ring is 1. The Bertz CT molecular complexity index is 282. The van der Waals surface area contributed by atoms with Gasteiger partial charge < -0.3 is 11.5 Å². The van der Waals surface area contributed by atoms with Crippen LogP contribution in [0, 0.1) is 0 Å². The molecule has 1 rings (SSSR count). The van der Waals surface area contributed by atoms with Gasteiger partial charge in [-0.15, -0.1) is 5.10 Å². The monoisotopic (exact) mass is 183 g/mol. The average Bonchev–Trinajstić information content (AvgIpc) is 2.45. The molecule has 13 heavy (non-hydrogen) atoms. The Morgan fingerprint density at radius 3 is 2.85 bits per heavy atom. The Morgan fingerprint density at radius 1 is 1.54 bits per heavy atom. The summed E-state index contributed by atoms with van der Waals surface area (Å²) in [6.07, 6.45) is 3.62. The molecule has 6 nitrogen and oxygen atoms in total. The maximum Gasteiger partial charge on any atom is 0.239 e. The van der Waals surface area contributed by atoms with Gasteiger partial charge in [0.15, 0.2) is 0 Å². The van der Waals surface area contributed by atoms with E-state index in [4.69, 9.17) is 11.5 Å². The van der Waals surface area contributed by atoms with Gasteiger partial charge in [0.05, 0.1) is 0 Å². The van der Waals surface area contributed by atoms with Gasteiger partial charge in [-0.2, -0.15) is 0 Å². The number of carbonyl (C=O) groups is 1. The lowest BCUT2D eigenvalue weighted by molar-refractivity contribution is -0.118. The van der Waals surface area contributed by atoms with E-state index in [2.05, 4.69) is 10.1 Å². The molecule has 0 atom stereocenters. The standard InChI is InChI=1S/C7H13N5O/c8-6(13)3-1-2-4-12-5-10-7(9)11-12/h5H,1-4H2,(H2,8,13)(H2,9,11). The lowest BCUT2D eigenvalue weighted by Gasteiger charge is -1.98. The normalized spacial score (nSPS) is 10.2. The molecule has 0 aromatic carbocycles. The van der Waals surface area contributed by atoms with Crippen LogP contribution in [0.25, 0.3) is 0 Å². The fourth-order valence-electron chi connectivity index (χ4n) is 0.990. The number of unbranched alkanes of at least 4 members (excludes halogenated alkanes) is 1. The molecule has 0 saturated heterocycles. The van der Waals surface area contributed by atoms with Gasteiger partial charge in [0.2, 0.25) is 11.9 Å². The zero-order valence-corrected chi connectivity index (χ0v) is 7.31. The molecule has 1 aromatic rings. The Kier molecular flexibility index (Phi) is 3.24. The maximum atomic E-state index is 10.4. The predicted octanol–water partition coefficient (Wildman–Crippen LogP) is -0.484. The quantitative estimate of drug-likeness (QED) is 0.602. The van der Waals surface area contributed by atoms with Gasteiger partial charge in [0, 0.05) is 13.0 Å². The minimum atomic E-state index is -0.266. The second-order valence-corrected chi connectivity index (χ2v) is 2.79. The van der Waals surface area contributed by atoms with Crippen LogP contribution in [0.15, 0.2) is 6.33 Å². The van der Waals surface area contributed by atoms with Crippen molar-refractivity contribution in [2.45, 2.75) is 25.8 Å². The first-order valence-corrected chi connectivity index (χ1v) is 4.11. The molecule has 4 N–H and O–H groups in total. The van der Waals surface area contributed by atoms with Crippen molar-refractivity contribution in [3.05, 3.63) is 6.33 Å². The Balaban J connectivity index is 2.16. The first-order valence-electron chi connectivity index (χ1n) is 4.11. The van der Waals surface area contributed by atoms with Crippen molar-refractivity contribution >= 4 is 11.9 Å². The van der Waals surface area contributed by atoms with Crippen LogP contribution < -0.4 is 11.5 Å². The van der Waals surface area contributed by atoms with Gasteiger partial charge in [-0.3, -0.25) is 9.48 Å². The predicted molar refractivity (Wildman–Crippen MR) is 47.5 cm³/mol. The van der Waals surface area contributed by atoms with Gasteiger partial charge in [0.25, 0.3) is 0 Å². The summed E-state index contributed by atoms with van der Waals surface area (Å²) in [5.74, 6) is 0.00741. The van der Waals surface area contributed by atoms with Crippen LogP contribution in [-0.4, -0.2) is 20.7 Å². The number of rotatable bonds is 5. The molecule has 0 bridgehead atoms. The molecule has 1 aromatic heterocycles. The second-order valence-electron chi connectivity index (χ2n) is 2.79. The summed E-state index contributed by atoms with van der Waals surface area (Å²) in [7, 11) is 0. The summed E-state index contributed by atoms with van der Waals surface area (Å²) < 4.78 is 1.65. The summed E-state index contributed by atoms with van der Waals surface area (Å²) in [6, 6.07) is 0. The zero-order valence-electron chi connectivity index (χ0n) is 7.31. The molecule has 0 spiro atoms. The molecule has 6 heteroatoms. The van der Waals surface area contributed by atoms with Gasteiger partial charge >= 0.3 is 0 Å². The fraction of sp³-hybridized carbons (Fsp3) is 0.571. The molecule has 0 radical (unpaired) electrons. The third-order valence-electron chi connectivity index (χ3n) is 1.61. The third-order valence-corrected chi connectivity index (χ3v) is 1.61. The Hall–Kier alpha value is -1.59. The van der Waals surface area contributed by atoms with Crippen LogP contribution >= 0.6 is 0 Å². The summed E-state index contributed by atoms with van der Waals surface area (Å²) >= 11 is 0. The van der Waals surface area contributed by atoms with Gasteiger partial charge in [-0.05, 0) is 12.8 Å². The largest absolute Gasteiger partial charge is 0.370 e. The van der Waals surface area contributed by atoms with E-state index in [1.165, 1.54) is 0 Å². The molecule has 72 valence electrons. The number of aromatic nitrogens is 3. The highest BCUT2D eigenvalue weighted by Gasteiger charge is 1.97. The number of hydrogen-bond acceptors (Lipinski definition) is 4. The summed E-state index contributed by atoms with van der Waals surface area (Å²) in [5.41, 5.74) is 10.3. The average molecular weight is 183 g/mol. The maximum absolute atomic E-state index is 10.4. The molecule has 1 amide bonds. The first kappa shape index (κ1) is 9.50. The minimum Gasteiger partial charge on any atom is -0.370 e. The smallest absolute Gasteiger partial charge is 0.239 e. The lowest BCUT2D eigenvalue weighted by atomic mass is 10.2. The van der Waals surface area contributed by atoms with Gasteiger partial charge in [-0.25, -0.2) is 4.98 Å². The SMILES string of the molecule is NC(=O)CCCCn1cnc(N)n1. The second kappa shape index (κ2) is 4.44. The number of carbonyl (C=O) groups excluding carboxylic acids is 1. The third kappa shape index (κ3) is 3.55. The Morgan fingerprint density at radius 2 is 2.31 bits per heavy atom. The van der Waals surface area contributed by atoms with Crippen molar-refractivity contribution in [1.29, 1.82) is 0 Å². The van der Waals surface area contributed by atoms with Crippen LogP contribution in [-0.2, 0) is 11.3 Å². The highest BCUT2D eigenvalue weighted by molar-refractivity contribution is 5.73. The van der Waals surface area contributed by atoms with Crippen LogP contribution in [0.1, 0.15) is 19.3 Å². The molecular weight excluding hydrogens is 170 g/mol. The topological polar surface area (TPSA) is 99.8 Å². The van der Waals surface area contributed by atoms with Gasteiger partial charge in [-0.1, -0.05) is 0 Å². The van der Waals surface area contributed by atoms with E-state index < -0.39 is 0 Å². The van der Waals surface area contributed by atoms with E-state index in [0.29, 0.717) is 6.42 Å². The van der Waals surface area contributed by atoms with Crippen LogP contribution in [0.3, 0.4) is 0 Å². The zero-order chi connectivity index (χ0) is 9.68. The van der Waals surface area contributed by atoms with Crippen molar-refractivity contribution in [3.8, 4) is 0 Å². The van der Waals surface area contributed by atoms with E-state index in [-0.39, 0.29) is 11.9 Å². The first-order chi connectivity index (χ1) is 6.18. The van der Waals surface area contributed by atoms with E-state index in [1.54, 1.807) is 11.0 Å². The number of aryl methyl sites for hydroxylation is 1. The van der Waals surface area contributed by atoms with Gasteiger partial charge in [0.1, 0.15) is 6.33 Å². The highest BCUT2D eigenvalue weighted by atomic mass is 16.1. The molecule has 0 fully saturated rings. The number of anilines is 1. The summed E-state index contributed by atoms with van der Waals surface area (Å²) in [6.45, 7) is 0.720. The van der Waals surface area contributed by atoms with E-state index in [1.807, 2.05) is 0 Å². The van der Waals surface area contributed by atoms with Crippen LogP contribution in [0.5, 0.6) is 0 Å². The van der Waals surface area contributed by atoms with Crippen LogP contribution in [0.2, 0.25) is 0 Å². The molecule has 0 aliphatic rings. The summed E-state index contributed by atoms with van der Waals surface area (Å²) in [5, 5.41) is 3.89. The van der Waals surface area contributed by atoms with Crippen molar-refractivity contribution < 1.29 is 4.79 Å². The van der Waals surface area contributed by atoms with Crippen LogP contribution in [0.4, 0.5) is 5.95 Å². The molecule has 0 saturated carbocycles. The molecule has 0 unspecified atom stereocenters. The lowest BCUT2D eigenvalue weighted by Crippen LogP contribution is -2.10. The van der Waals surface area contributed by atoms with Crippen molar-refractivity contribution in [2.75, 3.05) is 5.73 Å². The number of hydrogen-bond donors (Lipinski definition) is 2.